The maximum absolute atomic E-state index is 11.1. The lowest BCUT2D eigenvalue weighted by atomic mass is 9.94. The number of aromatic nitrogens is 4. The molecule has 0 amide bonds. The van der Waals surface area contributed by atoms with Gasteiger partial charge in [-0.25, -0.2) is 0 Å². The van der Waals surface area contributed by atoms with E-state index in [2.05, 4.69) is 194 Å². The lowest BCUT2D eigenvalue weighted by Gasteiger charge is -2.18. The fraction of sp³-hybridized carbons (Fsp3) is 0. The Bertz CT molecular complexity index is 6910. The third-order valence-electron chi connectivity index (χ3n) is 19.6. The normalized spacial score (nSPS) is 11.6. The summed E-state index contributed by atoms with van der Waals surface area (Å²) >= 11 is 0. The third-order valence-corrected chi connectivity index (χ3v) is 19.6. The van der Waals surface area contributed by atoms with Crippen molar-refractivity contribution in [2.75, 3.05) is 0 Å². The second-order valence-electron chi connectivity index (χ2n) is 24.6. The Labute approximate surface area is 558 Å². The molecule has 0 aliphatic heterocycles. The van der Waals surface area contributed by atoms with Crippen molar-refractivity contribution in [3.63, 3.8) is 0 Å². The summed E-state index contributed by atoms with van der Waals surface area (Å²) in [5.41, 5.74) is 19.6. The van der Waals surface area contributed by atoms with Crippen LogP contribution in [-0.4, -0.2) is 18.3 Å². The van der Waals surface area contributed by atoms with Gasteiger partial charge in [0, 0.05) is 81.5 Å². The molecular formula is C88H48N8O2. The van der Waals surface area contributed by atoms with E-state index in [1.165, 1.54) is 0 Å². The molecule has 6 aromatic heterocycles. The minimum Gasteiger partial charge on any atom is -0.456 e. The first kappa shape index (κ1) is 55.5. The average Bonchev–Trinajstić information content (AvgIpc) is 1.55. The highest BCUT2D eigenvalue weighted by Crippen LogP contribution is 2.47. The van der Waals surface area contributed by atoms with E-state index < -0.39 is 0 Å². The van der Waals surface area contributed by atoms with E-state index >= 15 is 0 Å². The molecule has 0 fully saturated rings. The van der Waals surface area contributed by atoms with Crippen LogP contribution in [0.2, 0.25) is 0 Å². The van der Waals surface area contributed by atoms with Crippen molar-refractivity contribution < 1.29 is 8.83 Å². The molecule has 0 saturated carbocycles. The summed E-state index contributed by atoms with van der Waals surface area (Å²) in [7, 11) is 0. The van der Waals surface area contributed by atoms with Crippen LogP contribution in [0.15, 0.2) is 300 Å². The first-order valence-corrected chi connectivity index (χ1v) is 32.3. The Morgan fingerprint density at radius 2 is 0.704 bits per heavy atom. The Hall–Kier alpha value is -14.2. The molecule has 0 saturated heterocycles. The van der Waals surface area contributed by atoms with E-state index in [0.717, 1.165) is 170 Å². The molecule has 0 N–H and O–H groups in total. The number of rotatable bonds is 6. The van der Waals surface area contributed by atoms with Gasteiger partial charge < -0.3 is 27.1 Å². The van der Waals surface area contributed by atoms with Gasteiger partial charge in [-0.1, -0.05) is 182 Å². The quantitative estimate of drug-likeness (QED) is 0.162. The number of para-hydroxylation sites is 9. The van der Waals surface area contributed by atoms with Crippen molar-refractivity contribution >= 4 is 131 Å². The van der Waals surface area contributed by atoms with Gasteiger partial charge in [0.25, 0.3) is 0 Å². The van der Waals surface area contributed by atoms with Gasteiger partial charge in [-0.2, -0.15) is 21.0 Å². The van der Waals surface area contributed by atoms with Crippen LogP contribution in [0.1, 0.15) is 22.3 Å². The highest BCUT2D eigenvalue weighted by Gasteiger charge is 2.28. The summed E-state index contributed by atoms with van der Waals surface area (Å²) in [4.78, 5) is 0. The summed E-state index contributed by atoms with van der Waals surface area (Å²) in [6.07, 6.45) is 0. The zero-order valence-corrected chi connectivity index (χ0v) is 52.1. The summed E-state index contributed by atoms with van der Waals surface area (Å²) in [6.45, 7) is 0. The monoisotopic (exact) mass is 1250 g/mol. The zero-order valence-electron chi connectivity index (χ0n) is 52.1. The molecule has 0 radical (unpaired) electrons. The Morgan fingerprint density at radius 3 is 1.32 bits per heavy atom. The van der Waals surface area contributed by atoms with Crippen molar-refractivity contribution in [2.45, 2.75) is 0 Å². The highest BCUT2D eigenvalue weighted by atomic mass is 16.3. The average molecular weight is 1250 g/mol. The topological polar surface area (TPSA) is 141 Å². The molecule has 20 rings (SSSR count). The van der Waals surface area contributed by atoms with Gasteiger partial charge in [0.15, 0.2) is 0 Å². The van der Waals surface area contributed by atoms with Gasteiger partial charge in [-0.05, 0) is 109 Å². The molecule has 452 valence electrons. The van der Waals surface area contributed by atoms with Gasteiger partial charge >= 0.3 is 0 Å². The second kappa shape index (κ2) is 21.7. The molecule has 0 bridgehead atoms. The van der Waals surface area contributed by atoms with Crippen molar-refractivity contribution in [1.82, 2.24) is 18.3 Å². The molecule has 20 aromatic rings. The number of furan rings is 2. The van der Waals surface area contributed by atoms with E-state index in [1.54, 1.807) is 0 Å². The molecule has 0 atom stereocenters. The summed E-state index contributed by atoms with van der Waals surface area (Å²) < 4.78 is 21.6. The Kier molecular flexibility index (Phi) is 12.3. The van der Waals surface area contributed by atoms with Crippen molar-refractivity contribution in [2.24, 2.45) is 0 Å². The molecule has 0 spiro atoms. The number of hydrogen-bond donors (Lipinski definition) is 0. The minimum atomic E-state index is 0.419. The lowest BCUT2D eigenvalue weighted by molar-refractivity contribution is 0.669. The largest absolute Gasteiger partial charge is 0.456 e. The van der Waals surface area contributed by atoms with E-state index in [4.69, 9.17) is 8.83 Å². The molecule has 98 heavy (non-hydrogen) atoms. The standard InChI is InChI=1S/2C44H24N4O/c45-25-27-21-22-28(29-11-1-6-16-36(29)47-37-17-7-2-12-30(37)31-13-3-8-18-38(31)47)35(26-46)43(27)48-39-19-9-4-15-34(39)42-40(48)24-23-33-32-14-5-10-20-41(32)49-44(33)42;45-25-27-20-21-39(47-35-15-5-1-10-29(35)30-11-2-6-16-36(30)47)33(24-27)28-14-9-18-38(34(28)26-46)48-37-17-7-3-12-31(37)43-40(48)22-23-42-44(43)32-13-4-8-19-41(32)49-42/h2*1-24H. The van der Waals surface area contributed by atoms with E-state index in [9.17, 15) is 21.0 Å². The van der Waals surface area contributed by atoms with Crippen LogP contribution in [0.3, 0.4) is 0 Å². The number of fused-ring (bicyclic) bond motifs is 20. The molecule has 10 heteroatoms. The van der Waals surface area contributed by atoms with E-state index in [-0.39, 0.29) is 0 Å². The number of hydrogen-bond acceptors (Lipinski definition) is 6. The van der Waals surface area contributed by atoms with Crippen molar-refractivity contribution in [3.05, 3.63) is 313 Å². The van der Waals surface area contributed by atoms with Gasteiger partial charge in [0.1, 0.15) is 40.5 Å². The lowest BCUT2D eigenvalue weighted by Crippen LogP contribution is -2.04. The molecule has 14 aromatic carbocycles. The van der Waals surface area contributed by atoms with Gasteiger partial charge in [0.05, 0.1) is 101 Å². The first-order valence-electron chi connectivity index (χ1n) is 32.3. The second-order valence-corrected chi connectivity index (χ2v) is 24.6. The molecule has 0 unspecified atom stereocenters. The van der Waals surface area contributed by atoms with Crippen LogP contribution in [0.5, 0.6) is 0 Å². The molecule has 6 heterocycles. The molecule has 10 nitrogen and oxygen atoms in total. The molecular weight excluding hydrogens is 1200 g/mol. The number of nitrogens with zero attached hydrogens (tertiary/aromatic N) is 8. The fourth-order valence-electron chi connectivity index (χ4n) is 15.6. The maximum Gasteiger partial charge on any atom is 0.145 e. The summed E-state index contributed by atoms with van der Waals surface area (Å²) in [6, 6.07) is 108. The minimum absolute atomic E-state index is 0.419. The van der Waals surface area contributed by atoms with Crippen LogP contribution in [0, 0.1) is 45.3 Å². The van der Waals surface area contributed by atoms with Crippen molar-refractivity contribution in [3.8, 4) is 69.3 Å². The number of nitriles is 4. The van der Waals surface area contributed by atoms with Crippen molar-refractivity contribution in [1.29, 1.82) is 21.0 Å². The van der Waals surface area contributed by atoms with Crippen LogP contribution in [-0.2, 0) is 0 Å². The SMILES string of the molecule is N#Cc1ccc(-c2ccccc2-n2c3ccccc3c3ccccc32)c(C#N)c1-n1c2ccccc2c2c3oc4ccccc4c3ccc21.N#Cc1ccc(-n2c3ccccc3c3ccccc32)c(-c2cccc(-n3c4ccccc4c4c5c(ccc43)oc3ccccc35)c2C#N)c1. The van der Waals surface area contributed by atoms with Crippen LogP contribution in [0.4, 0.5) is 0 Å². The van der Waals surface area contributed by atoms with Crippen LogP contribution >= 0.6 is 0 Å². The molecule has 0 aliphatic carbocycles. The third kappa shape index (κ3) is 7.98. The highest BCUT2D eigenvalue weighted by molar-refractivity contribution is 6.28. The molecule has 0 aliphatic rings. The predicted molar refractivity (Wildman–Crippen MR) is 395 cm³/mol. The van der Waals surface area contributed by atoms with Gasteiger partial charge in [-0.15, -0.1) is 0 Å². The zero-order chi connectivity index (χ0) is 65.3. The van der Waals surface area contributed by atoms with E-state index in [1.807, 2.05) is 140 Å². The smallest absolute Gasteiger partial charge is 0.145 e. The van der Waals surface area contributed by atoms with Gasteiger partial charge in [0.2, 0.25) is 0 Å². The van der Waals surface area contributed by atoms with Crippen LogP contribution in [0.25, 0.3) is 176 Å². The van der Waals surface area contributed by atoms with E-state index in [0.29, 0.717) is 27.9 Å². The van der Waals surface area contributed by atoms with Gasteiger partial charge in [-0.3, -0.25) is 0 Å². The van der Waals surface area contributed by atoms with Crippen LogP contribution < -0.4 is 0 Å². The Balaban J connectivity index is 0.000000137. The summed E-state index contributed by atoms with van der Waals surface area (Å²) in [5.74, 6) is 0. The number of benzene rings is 14. The first-order chi connectivity index (χ1) is 48.5. The Morgan fingerprint density at radius 1 is 0.245 bits per heavy atom. The summed E-state index contributed by atoms with van der Waals surface area (Å²) in [5, 5.41) is 55.6. The fourth-order valence-corrected chi connectivity index (χ4v) is 15.6. The maximum atomic E-state index is 11.1. The predicted octanol–water partition coefficient (Wildman–Crippen LogP) is 22.4.